The Morgan fingerprint density at radius 1 is 0.903 bits per heavy atom. The largest absolute Gasteiger partial charge is 0.491 e. The first-order valence-corrected chi connectivity index (χ1v) is 10.7. The lowest BCUT2D eigenvalue weighted by Gasteiger charge is -2.43. The summed E-state index contributed by atoms with van der Waals surface area (Å²) in [5.41, 5.74) is 1.02. The molecule has 0 aliphatic carbocycles. The molecule has 6 nitrogen and oxygen atoms in total. The van der Waals surface area contributed by atoms with Crippen LogP contribution in [0.1, 0.15) is 57.5 Å². The van der Waals surface area contributed by atoms with E-state index < -0.39 is 11.9 Å². The highest BCUT2D eigenvalue weighted by molar-refractivity contribution is 6.06. The third-order valence-electron chi connectivity index (χ3n) is 4.75. The summed E-state index contributed by atoms with van der Waals surface area (Å²) in [7, 11) is 1.52. The zero-order chi connectivity index (χ0) is 22.8. The van der Waals surface area contributed by atoms with Crippen LogP contribution in [-0.2, 0) is 15.3 Å². The van der Waals surface area contributed by atoms with Crippen LogP contribution >= 0.6 is 0 Å². The number of benzene rings is 2. The Hall–Kier alpha value is -2.57. The minimum absolute atomic E-state index is 0.0532. The molecule has 6 heteroatoms. The Kier molecular flexibility index (Phi) is 6.92. The number of fused-ring (bicyclic) bond motifs is 1. The molecule has 168 valence electrons. The molecule has 0 saturated heterocycles. The summed E-state index contributed by atoms with van der Waals surface area (Å²) in [6.07, 6.45) is -1.43. The van der Waals surface area contributed by atoms with E-state index in [9.17, 15) is 4.79 Å². The van der Waals surface area contributed by atoms with Crippen LogP contribution in [0.3, 0.4) is 0 Å². The molecule has 3 rings (SSSR count). The molecule has 0 spiro atoms. The zero-order valence-corrected chi connectivity index (χ0v) is 19.3. The molecule has 1 heterocycles. The zero-order valence-electron chi connectivity index (χ0n) is 19.3. The van der Waals surface area contributed by atoms with Crippen molar-refractivity contribution in [1.82, 2.24) is 0 Å². The van der Waals surface area contributed by atoms with Crippen LogP contribution in [-0.4, -0.2) is 37.3 Å². The van der Waals surface area contributed by atoms with Gasteiger partial charge in [0.05, 0.1) is 18.3 Å². The molecule has 0 saturated carbocycles. The molecule has 2 unspecified atom stereocenters. The van der Waals surface area contributed by atoms with Gasteiger partial charge in [-0.1, -0.05) is 30.3 Å². The Morgan fingerprint density at radius 2 is 1.55 bits per heavy atom. The number of hydrogen-bond donors (Lipinski definition) is 0. The van der Waals surface area contributed by atoms with E-state index >= 15 is 0 Å². The minimum atomic E-state index is -1.44. The van der Waals surface area contributed by atoms with Crippen molar-refractivity contribution < 1.29 is 28.5 Å². The molecule has 2 aromatic carbocycles. The van der Waals surface area contributed by atoms with E-state index in [0.29, 0.717) is 28.4 Å². The molecule has 31 heavy (non-hydrogen) atoms. The molecule has 2 atom stereocenters. The van der Waals surface area contributed by atoms with Gasteiger partial charge in [0.2, 0.25) is 5.78 Å². The van der Waals surface area contributed by atoms with Gasteiger partial charge in [0.25, 0.3) is 5.79 Å². The number of ketones is 1. The molecule has 2 aromatic rings. The highest BCUT2D eigenvalue weighted by Gasteiger charge is 2.54. The molecule has 0 aromatic heterocycles. The maximum absolute atomic E-state index is 13.8. The predicted molar refractivity (Wildman–Crippen MR) is 118 cm³/mol. The lowest BCUT2D eigenvalue weighted by molar-refractivity contribution is -0.242. The molecule has 0 fully saturated rings. The molecule has 1 aliphatic heterocycles. The van der Waals surface area contributed by atoms with E-state index in [0.717, 1.165) is 0 Å². The van der Waals surface area contributed by atoms with Gasteiger partial charge in [0.15, 0.2) is 6.10 Å². The molecule has 0 radical (unpaired) electrons. The van der Waals surface area contributed by atoms with Crippen LogP contribution in [0.2, 0.25) is 0 Å². The van der Waals surface area contributed by atoms with E-state index in [2.05, 4.69) is 0 Å². The second kappa shape index (κ2) is 9.28. The minimum Gasteiger partial charge on any atom is -0.491 e. The second-order valence-corrected chi connectivity index (χ2v) is 8.40. The number of hydrogen-bond acceptors (Lipinski definition) is 6. The number of methoxy groups -OCH3 is 1. The molecule has 0 N–H and O–H groups in total. The van der Waals surface area contributed by atoms with Gasteiger partial charge in [-0.2, -0.15) is 0 Å². The first-order valence-electron chi connectivity index (χ1n) is 10.7. The van der Waals surface area contributed by atoms with Crippen LogP contribution in [0, 0.1) is 0 Å². The summed E-state index contributed by atoms with van der Waals surface area (Å²) >= 11 is 0. The maximum atomic E-state index is 13.8. The quantitative estimate of drug-likeness (QED) is 0.581. The fraction of sp³-hybridized carbons (Fsp3) is 0.480. The van der Waals surface area contributed by atoms with Crippen molar-refractivity contribution in [3.63, 3.8) is 0 Å². The number of ether oxygens (including phenoxy) is 5. The highest BCUT2D eigenvalue weighted by atomic mass is 16.7. The van der Waals surface area contributed by atoms with Crippen molar-refractivity contribution in [3.8, 4) is 17.2 Å². The Bertz CT molecular complexity index is 906. The van der Waals surface area contributed by atoms with Crippen LogP contribution in [0.5, 0.6) is 17.2 Å². The maximum Gasteiger partial charge on any atom is 0.271 e. The Balaban J connectivity index is 2.23. The second-order valence-electron chi connectivity index (χ2n) is 8.40. The fourth-order valence-corrected chi connectivity index (χ4v) is 3.67. The van der Waals surface area contributed by atoms with Crippen LogP contribution in [0.15, 0.2) is 42.5 Å². The highest BCUT2D eigenvalue weighted by Crippen LogP contribution is 2.47. The molecular weight excluding hydrogens is 396 g/mol. The SMILES string of the molecule is COC1(c2ccccc2)Oc2cc(OC(C)C)cc(OC(C)C)c2C(=O)C1OC(C)C. The summed E-state index contributed by atoms with van der Waals surface area (Å²) in [4.78, 5) is 13.8. The van der Waals surface area contributed by atoms with E-state index in [-0.39, 0.29) is 24.1 Å². The third kappa shape index (κ3) is 4.70. The molecule has 0 bridgehead atoms. The molecule has 1 aliphatic rings. The van der Waals surface area contributed by atoms with Gasteiger partial charge in [-0.25, -0.2) is 0 Å². The van der Waals surface area contributed by atoms with Crippen molar-refractivity contribution >= 4 is 5.78 Å². The van der Waals surface area contributed by atoms with E-state index in [4.69, 9.17) is 23.7 Å². The summed E-state index contributed by atoms with van der Waals surface area (Å²) in [5, 5.41) is 0. The Labute approximate surface area is 184 Å². The van der Waals surface area contributed by atoms with Gasteiger partial charge in [0, 0.05) is 24.8 Å². The standard InChI is InChI=1S/C25H32O6/c1-15(2)28-19-13-20(29-16(3)4)22-21(14-19)31-25(27-7,18-11-9-8-10-12-18)24(23(22)26)30-17(5)6/h8-17,24H,1-7H3. The number of carbonyl (C=O) groups excluding carboxylic acids is 1. The van der Waals surface area contributed by atoms with Crippen LogP contribution in [0.4, 0.5) is 0 Å². The first kappa shape index (κ1) is 23.1. The van der Waals surface area contributed by atoms with Crippen molar-refractivity contribution in [3.05, 3.63) is 53.6 Å². The van der Waals surface area contributed by atoms with E-state index in [1.807, 2.05) is 71.9 Å². The van der Waals surface area contributed by atoms with Gasteiger partial charge in [-0.05, 0) is 41.5 Å². The lowest BCUT2D eigenvalue weighted by Crippen LogP contribution is -2.55. The number of rotatable bonds is 8. The van der Waals surface area contributed by atoms with Crippen molar-refractivity contribution in [2.75, 3.05) is 7.11 Å². The van der Waals surface area contributed by atoms with Gasteiger partial charge < -0.3 is 23.7 Å². The summed E-state index contributed by atoms with van der Waals surface area (Å²) in [6.45, 7) is 11.4. The van der Waals surface area contributed by atoms with Crippen molar-refractivity contribution in [2.45, 2.75) is 71.7 Å². The van der Waals surface area contributed by atoms with Crippen LogP contribution in [0.25, 0.3) is 0 Å². The lowest BCUT2D eigenvalue weighted by atomic mass is 9.89. The Morgan fingerprint density at radius 3 is 2.10 bits per heavy atom. The van der Waals surface area contributed by atoms with Crippen LogP contribution < -0.4 is 14.2 Å². The van der Waals surface area contributed by atoms with E-state index in [1.165, 1.54) is 7.11 Å². The first-order chi connectivity index (χ1) is 14.7. The normalized spacial score (nSPS) is 20.7. The van der Waals surface area contributed by atoms with Gasteiger partial charge in [-0.3, -0.25) is 4.79 Å². The molecular formula is C25H32O6. The van der Waals surface area contributed by atoms with Crippen molar-refractivity contribution in [1.29, 1.82) is 0 Å². The average Bonchev–Trinajstić information content (AvgIpc) is 2.69. The monoisotopic (exact) mass is 428 g/mol. The number of carbonyl (C=O) groups is 1. The molecule has 0 amide bonds. The topological polar surface area (TPSA) is 63.2 Å². The smallest absolute Gasteiger partial charge is 0.271 e. The van der Waals surface area contributed by atoms with Gasteiger partial charge in [0.1, 0.15) is 22.8 Å². The van der Waals surface area contributed by atoms with E-state index in [1.54, 1.807) is 12.1 Å². The van der Waals surface area contributed by atoms with Gasteiger partial charge in [-0.15, -0.1) is 0 Å². The third-order valence-corrected chi connectivity index (χ3v) is 4.75. The van der Waals surface area contributed by atoms with Gasteiger partial charge >= 0.3 is 0 Å². The summed E-state index contributed by atoms with van der Waals surface area (Å²) in [5.74, 6) is -0.400. The number of Topliss-reactive ketones (excluding diaryl/α,β-unsaturated/α-hetero) is 1. The summed E-state index contributed by atoms with van der Waals surface area (Å²) in [6, 6.07) is 12.8. The van der Waals surface area contributed by atoms with Crippen molar-refractivity contribution in [2.24, 2.45) is 0 Å². The average molecular weight is 429 g/mol. The summed E-state index contributed by atoms with van der Waals surface area (Å²) < 4.78 is 30.3. The predicted octanol–water partition coefficient (Wildman–Crippen LogP) is 5.13. The fourth-order valence-electron chi connectivity index (χ4n) is 3.67.